The normalized spacial score (nSPS) is 12.6. The van der Waals surface area contributed by atoms with Crippen LogP contribution < -0.4 is 5.32 Å². The molecule has 0 heterocycles. The molecule has 4 heteroatoms. The molecule has 0 aliphatic carbocycles. The van der Waals surface area contributed by atoms with E-state index in [1.54, 1.807) is 14.2 Å². The highest BCUT2D eigenvalue weighted by Gasteiger charge is 2.22. The van der Waals surface area contributed by atoms with Crippen molar-refractivity contribution in [3.8, 4) is 0 Å². The fourth-order valence-electron chi connectivity index (χ4n) is 1.29. The van der Waals surface area contributed by atoms with Gasteiger partial charge < -0.3 is 14.8 Å². The van der Waals surface area contributed by atoms with E-state index in [-0.39, 0.29) is 17.1 Å². The number of carbonyl (C=O) groups excluding carboxylic acids is 1. The first kappa shape index (κ1) is 16.4. The van der Waals surface area contributed by atoms with E-state index < -0.39 is 0 Å². The van der Waals surface area contributed by atoms with Crippen molar-refractivity contribution >= 4 is 5.91 Å². The molecule has 0 atom stereocenters. The molecule has 17 heavy (non-hydrogen) atoms. The summed E-state index contributed by atoms with van der Waals surface area (Å²) in [4.78, 5) is 11.2. The Morgan fingerprint density at radius 2 is 1.71 bits per heavy atom. The van der Waals surface area contributed by atoms with Crippen LogP contribution in [0.5, 0.6) is 0 Å². The van der Waals surface area contributed by atoms with Crippen LogP contribution in [0.25, 0.3) is 0 Å². The van der Waals surface area contributed by atoms with E-state index in [4.69, 9.17) is 9.47 Å². The number of hydrogen-bond donors (Lipinski definition) is 1. The van der Waals surface area contributed by atoms with Crippen molar-refractivity contribution in [3.05, 3.63) is 0 Å². The molecule has 4 nitrogen and oxygen atoms in total. The van der Waals surface area contributed by atoms with Gasteiger partial charge >= 0.3 is 0 Å². The van der Waals surface area contributed by atoms with E-state index in [1.165, 1.54) is 0 Å². The van der Waals surface area contributed by atoms with Gasteiger partial charge in [0.15, 0.2) is 0 Å². The quantitative estimate of drug-likeness (QED) is 0.712. The lowest BCUT2D eigenvalue weighted by Gasteiger charge is -2.28. The number of amides is 1. The molecule has 0 fully saturated rings. The monoisotopic (exact) mass is 245 g/mol. The minimum atomic E-state index is -0.268. The summed E-state index contributed by atoms with van der Waals surface area (Å²) in [5.74, 6) is 0.0545. The van der Waals surface area contributed by atoms with Crippen molar-refractivity contribution in [3.63, 3.8) is 0 Å². The molecule has 1 N–H and O–H groups in total. The van der Waals surface area contributed by atoms with Crippen LogP contribution in [0.2, 0.25) is 0 Å². The second-order valence-electron chi connectivity index (χ2n) is 5.50. The zero-order valence-electron chi connectivity index (χ0n) is 12.1. The molecule has 0 aliphatic heterocycles. The highest BCUT2D eigenvalue weighted by Crippen LogP contribution is 2.20. The number of ether oxygens (including phenoxy) is 2. The molecule has 0 saturated carbocycles. The Hall–Kier alpha value is -0.610. The first-order valence-corrected chi connectivity index (χ1v) is 6.12. The lowest BCUT2D eigenvalue weighted by molar-refractivity contribution is -0.122. The topological polar surface area (TPSA) is 47.6 Å². The van der Waals surface area contributed by atoms with Crippen LogP contribution in [0.1, 0.15) is 47.0 Å². The van der Waals surface area contributed by atoms with Crippen LogP contribution in [-0.4, -0.2) is 37.9 Å². The molecular formula is C13H27NO3. The third-order valence-corrected chi connectivity index (χ3v) is 2.98. The maximum Gasteiger partial charge on any atom is 0.219 e. The molecule has 0 radical (unpaired) electrons. The zero-order valence-corrected chi connectivity index (χ0v) is 12.1. The van der Waals surface area contributed by atoms with Crippen LogP contribution in [0.4, 0.5) is 0 Å². The summed E-state index contributed by atoms with van der Waals surface area (Å²) in [7, 11) is 3.36. The molecule has 0 aliphatic rings. The van der Waals surface area contributed by atoms with Crippen molar-refractivity contribution in [2.75, 3.05) is 20.8 Å². The minimum absolute atomic E-state index is 0.0545. The SMILES string of the molecule is CNC(=O)CCC(C)(C)OCCC(C)(C)OC. The molecule has 1 amide bonds. The van der Waals surface area contributed by atoms with Gasteiger partial charge in [-0.1, -0.05) is 0 Å². The maximum absolute atomic E-state index is 11.2. The van der Waals surface area contributed by atoms with E-state index >= 15 is 0 Å². The predicted octanol–water partition coefficient (Wildman–Crippen LogP) is 2.12. The Morgan fingerprint density at radius 3 is 2.18 bits per heavy atom. The molecule has 0 aromatic carbocycles. The summed E-state index contributed by atoms with van der Waals surface area (Å²) in [6, 6.07) is 0. The minimum Gasteiger partial charge on any atom is -0.379 e. The van der Waals surface area contributed by atoms with Gasteiger partial charge in [0, 0.05) is 20.6 Å². The van der Waals surface area contributed by atoms with Gasteiger partial charge in [-0.2, -0.15) is 0 Å². The second-order valence-corrected chi connectivity index (χ2v) is 5.50. The highest BCUT2D eigenvalue weighted by atomic mass is 16.5. The number of nitrogens with one attached hydrogen (secondary N) is 1. The van der Waals surface area contributed by atoms with Crippen LogP contribution >= 0.6 is 0 Å². The van der Waals surface area contributed by atoms with Crippen molar-refractivity contribution in [1.29, 1.82) is 0 Å². The van der Waals surface area contributed by atoms with Crippen molar-refractivity contribution in [2.24, 2.45) is 0 Å². The van der Waals surface area contributed by atoms with Gasteiger partial charge in [-0.05, 0) is 40.5 Å². The Morgan fingerprint density at radius 1 is 1.12 bits per heavy atom. The second kappa shape index (κ2) is 6.97. The fourth-order valence-corrected chi connectivity index (χ4v) is 1.29. The van der Waals surface area contributed by atoms with Crippen LogP contribution in [0.15, 0.2) is 0 Å². The van der Waals surface area contributed by atoms with Gasteiger partial charge in [-0.3, -0.25) is 4.79 Å². The number of methoxy groups -OCH3 is 1. The Kier molecular flexibility index (Phi) is 6.72. The number of hydrogen-bond acceptors (Lipinski definition) is 3. The van der Waals surface area contributed by atoms with Gasteiger partial charge in [0.1, 0.15) is 0 Å². The molecule has 0 spiro atoms. The van der Waals surface area contributed by atoms with E-state index in [0.29, 0.717) is 13.0 Å². The summed E-state index contributed by atoms with van der Waals surface area (Å²) < 4.78 is 11.1. The molecular weight excluding hydrogens is 218 g/mol. The number of rotatable bonds is 8. The lowest BCUT2D eigenvalue weighted by Crippen LogP contribution is -2.31. The van der Waals surface area contributed by atoms with Crippen molar-refractivity contribution < 1.29 is 14.3 Å². The molecule has 0 unspecified atom stereocenters. The average Bonchev–Trinajstić information content (AvgIpc) is 2.25. The zero-order chi connectivity index (χ0) is 13.5. The van der Waals surface area contributed by atoms with E-state index in [9.17, 15) is 4.79 Å². The largest absolute Gasteiger partial charge is 0.379 e. The Labute approximate surface area is 105 Å². The summed E-state index contributed by atoms with van der Waals surface area (Å²) in [5, 5.41) is 2.61. The molecule has 0 aromatic rings. The van der Waals surface area contributed by atoms with E-state index in [1.807, 2.05) is 27.7 Å². The van der Waals surface area contributed by atoms with Gasteiger partial charge in [0.05, 0.1) is 17.8 Å². The molecule has 0 rings (SSSR count). The predicted molar refractivity (Wildman–Crippen MR) is 69.0 cm³/mol. The van der Waals surface area contributed by atoms with Crippen LogP contribution in [0, 0.1) is 0 Å². The standard InChI is InChI=1S/C13H27NO3/c1-12(2,16-6)9-10-17-13(3,4)8-7-11(15)14-5/h7-10H2,1-6H3,(H,14,15). The highest BCUT2D eigenvalue weighted by molar-refractivity contribution is 5.75. The third kappa shape index (κ3) is 8.16. The first-order chi connectivity index (χ1) is 7.72. The summed E-state index contributed by atoms with van der Waals surface area (Å²) in [6.45, 7) is 8.73. The summed E-state index contributed by atoms with van der Waals surface area (Å²) in [5.41, 5.74) is -0.423. The molecule has 102 valence electrons. The Balaban J connectivity index is 3.89. The first-order valence-electron chi connectivity index (χ1n) is 6.12. The maximum atomic E-state index is 11.2. The van der Waals surface area contributed by atoms with Crippen molar-refractivity contribution in [2.45, 2.75) is 58.2 Å². The molecule has 0 aromatic heterocycles. The lowest BCUT2D eigenvalue weighted by atomic mass is 10.0. The summed E-state index contributed by atoms with van der Waals surface area (Å²) in [6.07, 6.45) is 2.06. The van der Waals surface area contributed by atoms with Crippen molar-refractivity contribution in [1.82, 2.24) is 5.32 Å². The third-order valence-electron chi connectivity index (χ3n) is 2.98. The van der Waals surface area contributed by atoms with Gasteiger partial charge in [0.2, 0.25) is 5.91 Å². The van der Waals surface area contributed by atoms with E-state index in [2.05, 4.69) is 5.32 Å². The van der Waals surface area contributed by atoms with Gasteiger partial charge in [-0.15, -0.1) is 0 Å². The van der Waals surface area contributed by atoms with Crippen LogP contribution in [0.3, 0.4) is 0 Å². The van der Waals surface area contributed by atoms with Gasteiger partial charge in [0.25, 0.3) is 0 Å². The van der Waals surface area contributed by atoms with E-state index in [0.717, 1.165) is 12.8 Å². The average molecular weight is 245 g/mol. The van der Waals surface area contributed by atoms with Gasteiger partial charge in [-0.25, -0.2) is 0 Å². The number of carbonyl (C=O) groups is 1. The fraction of sp³-hybridized carbons (Fsp3) is 0.923. The molecule has 0 saturated heterocycles. The Bertz CT molecular complexity index is 237. The summed E-state index contributed by atoms with van der Waals surface area (Å²) >= 11 is 0. The van der Waals surface area contributed by atoms with Crippen LogP contribution in [-0.2, 0) is 14.3 Å². The smallest absolute Gasteiger partial charge is 0.219 e. The molecule has 0 bridgehead atoms.